The van der Waals surface area contributed by atoms with Crippen molar-refractivity contribution in [2.75, 3.05) is 10.6 Å². The molecule has 0 amide bonds. The fourth-order valence-corrected chi connectivity index (χ4v) is 2.03. The van der Waals surface area contributed by atoms with E-state index in [-0.39, 0.29) is 5.78 Å². The minimum atomic E-state index is 0.0147. The maximum absolute atomic E-state index is 11.4. The van der Waals surface area contributed by atoms with Gasteiger partial charge in [0.25, 0.3) is 0 Å². The van der Waals surface area contributed by atoms with Gasteiger partial charge in [-0.2, -0.15) is 10.1 Å². The molecule has 6 nitrogen and oxygen atoms in total. The van der Waals surface area contributed by atoms with E-state index < -0.39 is 0 Å². The van der Waals surface area contributed by atoms with Crippen LogP contribution in [0.5, 0.6) is 0 Å². The Bertz CT molecular complexity index is 820. The lowest BCUT2D eigenvalue weighted by atomic mass is 10.1. The summed E-state index contributed by atoms with van der Waals surface area (Å²) in [6.45, 7) is 1.53. The van der Waals surface area contributed by atoms with Crippen molar-refractivity contribution in [1.82, 2.24) is 15.2 Å². The van der Waals surface area contributed by atoms with E-state index in [1.165, 1.54) is 13.1 Å². The summed E-state index contributed by atoms with van der Waals surface area (Å²) < 4.78 is 0. The number of nitrogens with one attached hydrogen (secondary N) is 2. The molecular formula is C17H15N5O. The molecule has 0 unspecified atom stereocenters. The third-order valence-electron chi connectivity index (χ3n) is 3.13. The van der Waals surface area contributed by atoms with Gasteiger partial charge in [-0.1, -0.05) is 30.3 Å². The van der Waals surface area contributed by atoms with Gasteiger partial charge < -0.3 is 10.6 Å². The van der Waals surface area contributed by atoms with Crippen LogP contribution < -0.4 is 10.6 Å². The molecule has 6 heteroatoms. The highest BCUT2D eigenvalue weighted by atomic mass is 16.1. The Morgan fingerprint density at radius 2 is 1.74 bits per heavy atom. The number of para-hydroxylation sites is 1. The van der Waals surface area contributed by atoms with Gasteiger partial charge in [0.1, 0.15) is 0 Å². The number of anilines is 4. The number of benzene rings is 2. The summed E-state index contributed by atoms with van der Waals surface area (Å²) in [5.74, 6) is 0.948. The fourth-order valence-electron chi connectivity index (χ4n) is 2.03. The lowest BCUT2D eigenvalue weighted by molar-refractivity contribution is 0.101. The summed E-state index contributed by atoms with van der Waals surface area (Å²) >= 11 is 0. The van der Waals surface area contributed by atoms with Crippen molar-refractivity contribution in [2.45, 2.75) is 6.92 Å². The smallest absolute Gasteiger partial charge is 0.249 e. The third kappa shape index (κ3) is 3.88. The second kappa shape index (κ2) is 6.65. The molecule has 23 heavy (non-hydrogen) atoms. The molecule has 0 aliphatic rings. The molecule has 0 saturated carbocycles. The molecule has 0 bridgehead atoms. The van der Waals surface area contributed by atoms with Gasteiger partial charge in [0.2, 0.25) is 5.95 Å². The van der Waals surface area contributed by atoms with Crippen LogP contribution >= 0.6 is 0 Å². The zero-order chi connectivity index (χ0) is 16.1. The Hall–Kier alpha value is -3.28. The highest BCUT2D eigenvalue weighted by Gasteiger charge is 2.04. The van der Waals surface area contributed by atoms with Crippen LogP contribution in [0, 0.1) is 0 Å². The number of carbonyl (C=O) groups excluding carboxylic acids is 1. The van der Waals surface area contributed by atoms with Crippen LogP contribution in [0.25, 0.3) is 0 Å². The monoisotopic (exact) mass is 305 g/mol. The maximum atomic E-state index is 11.4. The lowest BCUT2D eigenvalue weighted by Crippen LogP contribution is -2.02. The normalized spacial score (nSPS) is 10.1. The van der Waals surface area contributed by atoms with Gasteiger partial charge in [-0.3, -0.25) is 4.79 Å². The van der Waals surface area contributed by atoms with Crippen molar-refractivity contribution in [3.8, 4) is 0 Å². The quantitative estimate of drug-likeness (QED) is 0.702. The minimum Gasteiger partial charge on any atom is -0.339 e. The van der Waals surface area contributed by atoms with E-state index in [9.17, 15) is 4.79 Å². The van der Waals surface area contributed by atoms with Crippen LogP contribution in [0.3, 0.4) is 0 Å². The molecule has 3 rings (SSSR count). The molecule has 2 N–H and O–H groups in total. The second-order valence-electron chi connectivity index (χ2n) is 4.92. The molecule has 2 aromatic carbocycles. The summed E-state index contributed by atoms with van der Waals surface area (Å²) in [6.07, 6.45) is 1.52. The molecular weight excluding hydrogens is 290 g/mol. The van der Waals surface area contributed by atoms with Gasteiger partial charge >= 0.3 is 0 Å². The van der Waals surface area contributed by atoms with Crippen LogP contribution in [0.4, 0.5) is 23.1 Å². The zero-order valence-corrected chi connectivity index (χ0v) is 12.5. The van der Waals surface area contributed by atoms with E-state index in [0.29, 0.717) is 17.3 Å². The number of nitrogens with zero attached hydrogens (tertiary/aromatic N) is 3. The summed E-state index contributed by atoms with van der Waals surface area (Å²) in [5, 5.41) is 14.1. The first-order chi connectivity index (χ1) is 11.2. The first-order valence-corrected chi connectivity index (χ1v) is 7.10. The predicted octanol–water partition coefficient (Wildman–Crippen LogP) is 3.56. The van der Waals surface area contributed by atoms with Crippen LogP contribution in [0.2, 0.25) is 0 Å². The lowest BCUT2D eigenvalue weighted by Gasteiger charge is -2.08. The SMILES string of the molecule is CC(=O)c1cccc(Nc2cnnc(Nc3ccccc3)n2)c1. The number of Topliss-reactive ketones (excluding diaryl/α,β-unsaturated/α-hetero) is 1. The van der Waals surface area contributed by atoms with Gasteiger partial charge in [-0.05, 0) is 31.2 Å². The Labute approximate surface area is 133 Å². The van der Waals surface area contributed by atoms with Crippen molar-refractivity contribution in [3.63, 3.8) is 0 Å². The summed E-state index contributed by atoms with van der Waals surface area (Å²) in [4.78, 5) is 15.8. The van der Waals surface area contributed by atoms with Gasteiger partial charge in [-0.25, -0.2) is 0 Å². The third-order valence-corrected chi connectivity index (χ3v) is 3.13. The average Bonchev–Trinajstić information content (AvgIpc) is 2.56. The van der Waals surface area contributed by atoms with E-state index in [0.717, 1.165) is 11.4 Å². The van der Waals surface area contributed by atoms with Crippen LogP contribution in [-0.2, 0) is 0 Å². The standard InChI is InChI=1S/C17H15N5O/c1-12(23)13-6-5-9-15(10-13)19-16-11-18-22-17(21-16)20-14-7-3-2-4-8-14/h2-11H,1H3,(H2,19,20,21,22). The molecule has 3 aromatic rings. The molecule has 114 valence electrons. The molecule has 0 aliphatic heterocycles. The van der Waals surface area contributed by atoms with E-state index >= 15 is 0 Å². The molecule has 0 spiro atoms. The van der Waals surface area contributed by atoms with Crippen LogP contribution in [-0.4, -0.2) is 21.0 Å². The summed E-state index contributed by atoms with van der Waals surface area (Å²) in [5.41, 5.74) is 2.29. The zero-order valence-electron chi connectivity index (χ0n) is 12.5. The van der Waals surface area contributed by atoms with Crippen molar-refractivity contribution >= 4 is 28.9 Å². The molecule has 0 atom stereocenters. The van der Waals surface area contributed by atoms with E-state index in [1.54, 1.807) is 12.1 Å². The first-order valence-electron chi connectivity index (χ1n) is 7.10. The van der Waals surface area contributed by atoms with Gasteiger partial charge in [0.05, 0.1) is 6.20 Å². The molecule has 0 saturated heterocycles. The highest BCUT2D eigenvalue weighted by molar-refractivity contribution is 5.95. The average molecular weight is 305 g/mol. The molecule has 0 fully saturated rings. The summed E-state index contributed by atoms with van der Waals surface area (Å²) in [6, 6.07) is 16.8. The summed E-state index contributed by atoms with van der Waals surface area (Å²) in [7, 11) is 0. The van der Waals surface area contributed by atoms with E-state index in [4.69, 9.17) is 0 Å². The highest BCUT2D eigenvalue weighted by Crippen LogP contribution is 2.17. The Morgan fingerprint density at radius 1 is 0.957 bits per heavy atom. The van der Waals surface area contributed by atoms with Gasteiger partial charge in [0, 0.05) is 16.9 Å². The Morgan fingerprint density at radius 3 is 2.52 bits per heavy atom. The van der Waals surface area contributed by atoms with Gasteiger partial charge in [0.15, 0.2) is 11.6 Å². The number of carbonyl (C=O) groups is 1. The topological polar surface area (TPSA) is 79.8 Å². The molecule has 0 radical (unpaired) electrons. The Kier molecular flexibility index (Phi) is 4.24. The van der Waals surface area contributed by atoms with Crippen LogP contribution in [0.15, 0.2) is 60.8 Å². The van der Waals surface area contributed by atoms with Crippen LogP contribution in [0.1, 0.15) is 17.3 Å². The number of ketones is 1. The van der Waals surface area contributed by atoms with Crippen molar-refractivity contribution in [3.05, 3.63) is 66.4 Å². The number of hydrogen-bond donors (Lipinski definition) is 2. The largest absolute Gasteiger partial charge is 0.339 e. The number of hydrogen-bond acceptors (Lipinski definition) is 6. The second-order valence-corrected chi connectivity index (χ2v) is 4.92. The first kappa shape index (κ1) is 14.6. The van der Waals surface area contributed by atoms with Crippen molar-refractivity contribution in [2.24, 2.45) is 0 Å². The predicted molar refractivity (Wildman–Crippen MR) is 89.3 cm³/mol. The molecule has 0 aliphatic carbocycles. The fraction of sp³-hybridized carbons (Fsp3) is 0.0588. The number of rotatable bonds is 5. The van der Waals surface area contributed by atoms with Gasteiger partial charge in [-0.15, -0.1) is 5.10 Å². The molecule has 1 aromatic heterocycles. The van der Waals surface area contributed by atoms with Crippen molar-refractivity contribution < 1.29 is 4.79 Å². The van der Waals surface area contributed by atoms with E-state index in [1.807, 2.05) is 42.5 Å². The number of aromatic nitrogens is 3. The molecule has 1 heterocycles. The van der Waals surface area contributed by atoms with E-state index in [2.05, 4.69) is 25.8 Å². The van der Waals surface area contributed by atoms with Crippen molar-refractivity contribution in [1.29, 1.82) is 0 Å². The maximum Gasteiger partial charge on any atom is 0.249 e. The Balaban J connectivity index is 1.77. The minimum absolute atomic E-state index is 0.0147.